The number of aryl methyl sites for hydroxylation is 1. The van der Waals surface area contributed by atoms with Crippen LogP contribution in [-0.2, 0) is 0 Å². The molecule has 5 rings (SSSR count). The summed E-state index contributed by atoms with van der Waals surface area (Å²) in [6, 6.07) is 13.8. The fourth-order valence-electron chi connectivity index (χ4n) is 5.18. The number of carbonyl (C=O) groups is 1. The second kappa shape index (κ2) is 10.1. The normalized spacial score (nSPS) is 15.0. The molecule has 1 aliphatic rings. The fraction of sp³-hybridized carbons (Fsp3) is 0.345. The number of aromatic amines is 1. The molecule has 194 valence electrons. The number of aromatic nitrogens is 1. The van der Waals surface area contributed by atoms with Gasteiger partial charge in [-0.1, -0.05) is 18.2 Å². The SMILES string of the molecule is COc1cc2[nH]c(C(=O)N3C[C@@H](CCl)c4c3cc(OC)c3cccc(C)c43)cc2cc1OCCN(C)C. The minimum Gasteiger partial charge on any atom is -0.496 e. The quantitative estimate of drug-likeness (QED) is 0.307. The Morgan fingerprint density at radius 3 is 2.59 bits per heavy atom. The maximum atomic E-state index is 13.9. The number of benzene rings is 3. The monoisotopic (exact) mass is 521 g/mol. The fourth-order valence-corrected chi connectivity index (χ4v) is 5.44. The summed E-state index contributed by atoms with van der Waals surface area (Å²) in [6.45, 7) is 3.91. The number of halogens is 1. The molecule has 0 fully saturated rings. The molecule has 1 amide bonds. The van der Waals surface area contributed by atoms with Crippen molar-refractivity contribution in [3.63, 3.8) is 0 Å². The highest BCUT2D eigenvalue weighted by molar-refractivity contribution is 6.19. The van der Waals surface area contributed by atoms with E-state index in [1.54, 1.807) is 14.2 Å². The van der Waals surface area contributed by atoms with E-state index in [9.17, 15) is 4.79 Å². The molecule has 1 atom stereocenters. The highest BCUT2D eigenvalue weighted by Gasteiger charge is 2.36. The Bertz CT molecular complexity index is 1480. The summed E-state index contributed by atoms with van der Waals surface area (Å²) in [5.74, 6) is 2.34. The standard InChI is InChI=1S/C29H32ClN3O4/c1-17-7-6-8-20-24(35-4)14-23-28(27(17)20)19(15-30)16-33(23)29(34)22-11-18-12-26(37-10-9-32(2)3)25(36-5)13-21(18)31-22/h6-8,11-14,19,31H,9-10,15-16H2,1-5H3/t19-/m1/s1. The molecule has 3 aromatic carbocycles. The van der Waals surface area contributed by atoms with E-state index in [1.807, 2.05) is 49.3 Å². The Kier molecular flexibility index (Phi) is 6.92. The molecule has 0 spiro atoms. The van der Waals surface area contributed by atoms with Crippen molar-refractivity contribution < 1.29 is 19.0 Å². The van der Waals surface area contributed by atoms with Crippen molar-refractivity contribution in [3.05, 3.63) is 59.3 Å². The van der Waals surface area contributed by atoms with Gasteiger partial charge in [0, 0.05) is 53.3 Å². The first-order chi connectivity index (χ1) is 17.9. The van der Waals surface area contributed by atoms with Crippen molar-refractivity contribution in [2.45, 2.75) is 12.8 Å². The molecule has 1 aromatic heterocycles. The Labute approximate surface area is 221 Å². The smallest absolute Gasteiger partial charge is 0.274 e. The molecular weight excluding hydrogens is 490 g/mol. The van der Waals surface area contributed by atoms with Crippen LogP contribution in [0.4, 0.5) is 5.69 Å². The zero-order valence-corrected chi connectivity index (χ0v) is 22.6. The van der Waals surface area contributed by atoms with E-state index in [-0.39, 0.29) is 11.8 Å². The number of hydrogen-bond donors (Lipinski definition) is 1. The van der Waals surface area contributed by atoms with Gasteiger partial charge < -0.3 is 29.0 Å². The zero-order chi connectivity index (χ0) is 26.3. The number of nitrogens with zero attached hydrogens (tertiary/aromatic N) is 2. The number of fused-ring (bicyclic) bond motifs is 4. The summed E-state index contributed by atoms with van der Waals surface area (Å²) < 4.78 is 17.2. The number of amides is 1. The number of anilines is 1. The van der Waals surface area contributed by atoms with E-state index in [0.717, 1.165) is 50.8 Å². The topological polar surface area (TPSA) is 67.0 Å². The van der Waals surface area contributed by atoms with Crippen LogP contribution in [0.25, 0.3) is 21.7 Å². The number of ether oxygens (including phenoxy) is 3. The molecule has 8 heteroatoms. The molecule has 0 saturated heterocycles. The number of nitrogens with one attached hydrogen (secondary N) is 1. The van der Waals surface area contributed by atoms with Gasteiger partial charge in [-0.25, -0.2) is 0 Å². The predicted molar refractivity (Wildman–Crippen MR) is 149 cm³/mol. The lowest BCUT2D eigenvalue weighted by molar-refractivity contribution is 0.0984. The first kappa shape index (κ1) is 25.2. The highest BCUT2D eigenvalue weighted by Crippen LogP contribution is 2.47. The number of hydrogen-bond acceptors (Lipinski definition) is 5. The lowest BCUT2D eigenvalue weighted by atomic mass is 9.92. The van der Waals surface area contributed by atoms with Crippen molar-refractivity contribution in [3.8, 4) is 17.2 Å². The van der Waals surface area contributed by atoms with Gasteiger partial charge in [0.25, 0.3) is 5.91 Å². The summed E-state index contributed by atoms with van der Waals surface area (Å²) in [5, 5.41) is 3.02. The van der Waals surface area contributed by atoms with Gasteiger partial charge in [-0.2, -0.15) is 0 Å². The largest absolute Gasteiger partial charge is 0.496 e. The maximum Gasteiger partial charge on any atom is 0.274 e. The van der Waals surface area contributed by atoms with Crippen LogP contribution in [0.5, 0.6) is 17.2 Å². The summed E-state index contributed by atoms with van der Waals surface area (Å²) in [4.78, 5) is 21.0. The van der Waals surface area contributed by atoms with Crippen molar-refractivity contribution in [1.82, 2.24) is 9.88 Å². The third kappa shape index (κ3) is 4.47. The van der Waals surface area contributed by atoms with E-state index >= 15 is 0 Å². The predicted octanol–water partition coefficient (Wildman–Crippen LogP) is 5.57. The molecule has 0 radical (unpaired) electrons. The molecule has 7 nitrogen and oxygen atoms in total. The van der Waals surface area contributed by atoms with Crippen LogP contribution in [0.3, 0.4) is 0 Å². The Hall–Kier alpha value is -3.42. The highest BCUT2D eigenvalue weighted by atomic mass is 35.5. The Balaban J connectivity index is 1.55. The van der Waals surface area contributed by atoms with Crippen molar-refractivity contribution in [1.29, 1.82) is 0 Å². The lowest BCUT2D eigenvalue weighted by Gasteiger charge is -2.19. The second-order valence-electron chi connectivity index (χ2n) is 9.70. The lowest BCUT2D eigenvalue weighted by Crippen LogP contribution is -2.30. The summed E-state index contributed by atoms with van der Waals surface area (Å²) in [6.07, 6.45) is 0. The van der Waals surface area contributed by atoms with Crippen LogP contribution in [0.2, 0.25) is 0 Å². The van der Waals surface area contributed by atoms with Crippen molar-refractivity contribution in [2.75, 3.05) is 58.8 Å². The van der Waals surface area contributed by atoms with Gasteiger partial charge in [-0.05, 0) is 49.7 Å². The molecular formula is C29H32ClN3O4. The molecule has 0 saturated carbocycles. The van der Waals surface area contributed by atoms with E-state index in [0.29, 0.717) is 36.2 Å². The number of likely N-dealkylation sites (N-methyl/N-ethyl adjacent to an activating group) is 1. The molecule has 0 unspecified atom stereocenters. The summed E-state index contributed by atoms with van der Waals surface area (Å²) in [5.41, 5.74) is 4.38. The van der Waals surface area contributed by atoms with Crippen molar-refractivity contribution in [2.24, 2.45) is 0 Å². The molecule has 4 aromatic rings. The number of alkyl halides is 1. The van der Waals surface area contributed by atoms with E-state index in [2.05, 4.69) is 28.9 Å². The van der Waals surface area contributed by atoms with Crippen LogP contribution in [0, 0.1) is 6.92 Å². The van der Waals surface area contributed by atoms with Gasteiger partial charge >= 0.3 is 0 Å². The summed E-state index contributed by atoms with van der Waals surface area (Å²) >= 11 is 6.45. The Morgan fingerprint density at radius 1 is 1.11 bits per heavy atom. The first-order valence-corrected chi connectivity index (χ1v) is 12.9. The third-order valence-corrected chi connectivity index (χ3v) is 7.41. The number of methoxy groups -OCH3 is 2. The first-order valence-electron chi connectivity index (χ1n) is 12.3. The van der Waals surface area contributed by atoms with Gasteiger partial charge in [0.2, 0.25) is 0 Å². The van der Waals surface area contributed by atoms with Gasteiger partial charge in [-0.15, -0.1) is 11.6 Å². The van der Waals surface area contributed by atoms with Gasteiger partial charge in [0.05, 0.1) is 19.9 Å². The van der Waals surface area contributed by atoms with Gasteiger partial charge in [0.1, 0.15) is 18.1 Å². The Morgan fingerprint density at radius 2 is 1.89 bits per heavy atom. The minimum absolute atomic E-state index is 0.0243. The molecule has 37 heavy (non-hydrogen) atoms. The van der Waals surface area contributed by atoms with E-state index < -0.39 is 0 Å². The second-order valence-corrected chi connectivity index (χ2v) is 10.0. The number of H-pyrrole nitrogens is 1. The van der Waals surface area contributed by atoms with Crippen LogP contribution in [0.15, 0.2) is 42.5 Å². The van der Waals surface area contributed by atoms with Crippen LogP contribution >= 0.6 is 11.6 Å². The zero-order valence-electron chi connectivity index (χ0n) is 21.9. The van der Waals surface area contributed by atoms with Crippen LogP contribution in [0.1, 0.15) is 27.5 Å². The van der Waals surface area contributed by atoms with Gasteiger partial charge in [0.15, 0.2) is 11.5 Å². The van der Waals surface area contributed by atoms with E-state index in [4.69, 9.17) is 25.8 Å². The number of carbonyl (C=O) groups excluding carboxylic acids is 1. The van der Waals surface area contributed by atoms with Crippen molar-refractivity contribution >= 4 is 44.9 Å². The molecule has 1 N–H and O–H groups in total. The molecule has 2 heterocycles. The average molecular weight is 522 g/mol. The summed E-state index contributed by atoms with van der Waals surface area (Å²) in [7, 11) is 7.27. The number of rotatable bonds is 8. The van der Waals surface area contributed by atoms with E-state index in [1.165, 1.54) is 0 Å². The molecule has 0 bridgehead atoms. The molecule has 0 aliphatic carbocycles. The van der Waals surface area contributed by atoms with Crippen LogP contribution in [-0.4, -0.2) is 69.7 Å². The van der Waals surface area contributed by atoms with Gasteiger partial charge in [-0.3, -0.25) is 4.79 Å². The maximum absolute atomic E-state index is 13.9. The molecule has 1 aliphatic heterocycles. The minimum atomic E-state index is -0.117. The van der Waals surface area contributed by atoms with Crippen LogP contribution < -0.4 is 19.1 Å². The average Bonchev–Trinajstić information content (AvgIpc) is 3.48. The third-order valence-electron chi connectivity index (χ3n) is 7.04.